The first-order chi connectivity index (χ1) is 26.3. The molecule has 2 heterocycles. The minimum Gasteiger partial charge on any atom is -0.292 e. The smallest absolute Gasteiger partial charge is 0.160 e. The van der Waals surface area contributed by atoms with Gasteiger partial charge >= 0.3 is 0 Å². The Labute approximate surface area is 307 Å². The van der Waals surface area contributed by atoms with Crippen molar-refractivity contribution >= 4 is 32.6 Å². The predicted octanol–water partition coefficient (Wildman–Crippen LogP) is 12.5. The Balaban J connectivity index is 1.29. The molecule has 0 aliphatic carbocycles. The molecular weight excluding hydrogens is 645 g/mol. The van der Waals surface area contributed by atoms with Crippen LogP contribution in [0.15, 0.2) is 194 Å². The summed E-state index contributed by atoms with van der Waals surface area (Å²) >= 11 is 0. The first-order valence-electron chi connectivity index (χ1n) is 17.9. The second-order valence-electron chi connectivity index (χ2n) is 13.3. The molecule has 0 unspecified atom stereocenters. The standard InChI is InChI=1S/C49H32N4/c1-4-16-33(17-5-1)45-32-46(34-18-6-2-7-19-34)51-48(50-45)37-28-36(43-31-35-20-10-11-23-40(35)41-24-12-13-25-42(41)43)29-38(30-37)49-52-44-26-14-15-27-47(44)53(49)39-21-8-3-9-22-39/h1-32H. The van der Waals surface area contributed by atoms with Crippen LogP contribution in [-0.2, 0) is 0 Å². The second kappa shape index (κ2) is 12.9. The highest BCUT2D eigenvalue weighted by Gasteiger charge is 2.19. The fourth-order valence-corrected chi connectivity index (χ4v) is 7.48. The van der Waals surface area contributed by atoms with Gasteiger partial charge in [0.05, 0.1) is 22.4 Å². The third-order valence-electron chi connectivity index (χ3n) is 9.97. The Morgan fingerprint density at radius 2 is 0.906 bits per heavy atom. The quantitative estimate of drug-likeness (QED) is 0.165. The van der Waals surface area contributed by atoms with E-state index in [1.54, 1.807) is 0 Å². The summed E-state index contributed by atoms with van der Waals surface area (Å²) in [4.78, 5) is 15.8. The van der Waals surface area contributed by atoms with Crippen LogP contribution in [0.3, 0.4) is 0 Å². The molecule has 0 saturated heterocycles. The van der Waals surface area contributed by atoms with Gasteiger partial charge in [-0.1, -0.05) is 140 Å². The molecule has 0 spiro atoms. The number of hydrogen-bond donors (Lipinski definition) is 0. The molecule has 8 aromatic carbocycles. The van der Waals surface area contributed by atoms with E-state index in [1.807, 2.05) is 24.3 Å². The number of imidazole rings is 1. The van der Waals surface area contributed by atoms with Crippen LogP contribution in [-0.4, -0.2) is 19.5 Å². The molecule has 53 heavy (non-hydrogen) atoms. The monoisotopic (exact) mass is 676 g/mol. The molecular formula is C49H32N4. The van der Waals surface area contributed by atoms with E-state index in [2.05, 4.69) is 174 Å². The molecule has 0 amide bonds. The van der Waals surface area contributed by atoms with Crippen LogP contribution in [0, 0.1) is 0 Å². The molecule has 0 atom stereocenters. The minimum atomic E-state index is 0.653. The topological polar surface area (TPSA) is 43.6 Å². The van der Waals surface area contributed by atoms with Gasteiger partial charge in [-0.05, 0) is 87.3 Å². The van der Waals surface area contributed by atoms with Gasteiger partial charge in [-0.15, -0.1) is 0 Å². The Kier molecular flexibility index (Phi) is 7.43. The zero-order valence-electron chi connectivity index (χ0n) is 28.8. The van der Waals surface area contributed by atoms with Crippen LogP contribution in [0.25, 0.3) is 94.7 Å². The Bertz CT molecular complexity index is 2870. The molecule has 248 valence electrons. The van der Waals surface area contributed by atoms with Gasteiger partial charge < -0.3 is 0 Å². The molecule has 0 fully saturated rings. The van der Waals surface area contributed by atoms with Crippen LogP contribution in [0.5, 0.6) is 0 Å². The van der Waals surface area contributed by atoms with Gasteiger partial charge in [-0.25, -0.2) is 15.0 Å². The van der Waals surface area contributed by atoms with E-state index < -0.39 is 0 Å². The van der Waals surface area contributed by atoms with Crippen LogP contribution < -0.4 is 0 Å². The van der Waals surface area contributed by atoms with Crippen molar-refractivity contribution in [2.24, 2.45) is 0 Å². The van der Waals surface area contributed by atoms with Crippen LogP contribution in [0.4, 0.5) is 0 Å². The van der Waals surface area contributed by atoms with Crippen LogP contribution in [0.2, 0.25) is 0 Å². The van der Waals surface area contributed by atoms with Gasteiger partial charge in [-0.2, -0.15) is 0 Å². The number of benzene rings is 8. The lowest BCUT2D eigenvalue weighted by atomic mass is 9.91. The lowest BCUT2D eigenvalue weighted by molar-refractivity contribution is 1.10. The molecule has 10 rings (SSSR count). The Morgan fingerprint density at radius 1 is 0.358 bits per heavy atom. The van der Waals surface area contributed by atoms with Crippen molar-refractivity contribution in [1.29, 1.82) is 0 Å². The average molecular weight is 677 g/mol. The minimum absolute atomic E-state index is 0.653. The predicted molar refractivity (Wildman–Crippen MR) is 219 cm³/mol. The summed E-state index contributed by atoms with van der Waals surface area (Å²) in [6.07, 6.45) is 0. The van der Waals surface area contributed by atoms with Gasteiger partial charge in [-0.3, -0.25) is 4.57 Å². The van der Waals surface area contributed by atoms with Crippen molar-refractivity contribution in [2.45, 2.75) is 0 Å². The molecule has 0 aliphatic heterocycles. The SMILES string of the molecule is c1ccc(-c2cc(-c3ccccc3)nc(-c3cc(-c4cc5ccccc5c5ccccc45)cc(-c4nc5ccccc5n4-c4ccccc4)c3)n2)cc1. The summed E-state index contributed by atoms with van der Waals surface area (Å²) in [7, 11) is 0. The van der Waals surface area contributed by atoms with E-state index in [0.717, 1.165) is 67.3 Å². The summed E-state index contributed by atoms with van der Waals surface area (Å²) in [5.74, 6) is 1.51. The van der Waals surface area contributed by atoms with E-state index in [4.69, 9.17) is 15.0 Å². The summed E-state index contributed by atoms with van der Waals surface area (Å²) in [6, 6.07) is 68.0. The maximum atomic E-state index is 5.29. The summed E-state index contributed by atoms with van der Waals surface area (Å²) in [5.41, 5.74) is 11.0. The number of para-hydroxylation sites is 3. The second-order valence-corrected chi connectivity index (χ2v) is 13.3. The van der Waals surface area contributed by atoms with Crippen molar-refractivity contribution in [3.05, 3.63) is 194 Å². The molecule has 0 aliphatic rings. The van der Waals surface area contributed by atoms with Crippen LogP contribution in [0.1, 0.15) is 0 Å². The number of aromatic nitrogens is 4. The molecule has 4 nitrogen and oxygen atoms in total. The van der Waals surface area contributed by atoms with E-state index >= 15 is 0 Å². The van der Waals surface area contributed by atoms with Gasteiger partial charge in [0.1, 0.15) is 5.82 Å². The lowest BCUT2D eigenvalue weighted by Crippen LogP contribution is -2.00. The van der Waals surface area contributed by atoms with E-state index in [-0.39, 0.29) is 0 Å². The first-order valence-corrected chi connectivity index (χ1v) is 17.9. The summed E-state index contributed by atoms with van der Waals surface area (Å²) in [6.45, 7) is 0. The maximum Gasteiger partial charge on any atom is 0.160 e. The van der Waals surface area contributed by atoms with Crippen LogP contribution >= 0.6 is 0 Å². The fourth-order valence-electron chi connectivity index (χ4n) is 7.48. The van der Waals surface area contributed by atoms with E-state index in [1.165, 1.54) is 21.5 Å². The Hall–Kier alpha value is -7.17. The summed E-state index contributed by atoms with van der Waals surface area (Å²) < 4.78 is 2.26. The van der Waals surface area contributed by atoms with Crippen molar-refractivity contribution in [3.8, 4) is 62.1 Å². The third kappa shape index (κ3) is 5.54. The largest absolute Gasteiger partial charge is 0.292 e. The van der Waals surface area contributed by atoms with Crippen molar-refractivity contribution in [2.75, 3.05) is 0 Å². The molecule has 0 bridgehead atoms. The number of rotatable bonds is 6. The van der Waals surface area contributed by atoms with Crippen molar-refractivity contribution in [3.63, 3.8) is 0 Å². The zero-order chi connectivity index (χ0) is 35.1. The van der Waals surface area contributed by atoms with Gasteiger partial charge in [0.25, 0.3) is 0 Å². The van der Waals surface area contributed by atoms with Gasteiger partial charge in [0.2, 0.25) is 0 Å². The average Bonchev–Trinajstić information content (AvgIpc) is 3.64. The number of hydrogen-bond acceptors (Lipinski definition) is 3. The molecule has 10 aromatic rings. The van der Waals surface area contributed by atoms with Gasteiger partial charge in [0.15, 0.2) is 5.82 Å². The lowest BCUT2D eigenvalue weighted by Gasteiger charge is -2.16. The first kappa shape index (κ1) is 30.6. The molecule has 0 N–H and O–H groups in total. The normalized spacial score (nSPS) is 11.4. The highest BCUT2D eigenvalue weighted by molar-refractivity contribution is 6.14. The molecule has 4 heteroatoms. The third-order valence-corrected chi connectivity index (χ3v) is 9.97. The number of fused-ring (bicyclic) bond motifs is 4. The highest BCUT2D eigenvalue weighted by Crippen LogP contribution is 2.40. The van der Waals surface area contributed by atoms with Crippen molar-refractivity contribution in [1.82, 2.24) is 19.5 Å². The highest BCUT2D eigenvalue weighted by atomic mass is 15.1. The fraction of sp³-hybridized carbons (Fsp3) is 0. The number of nitrogens with zero attached hydrogens (tertiary/aromatic N) is 4. The van der Waals surface area contributed by atoms with Crippen molar-refractivity contribution < 1.29 is 0 Å². The van der Waals surface area contributed by atoms with E-state index in [9.17, 15) is 0 Å². The molecule has 0 saturated carbocycles. The van der Waals surface area contributed by atoms with E-state index in [0.29, 0.717) is 5.82 Å². The molecule has 0 radical (unpaired) electrons. The zero-order valence-corrected chi connectivity index (χ0v) is 28.8. The molecule has 2 aromatic heterocycles. The maximum absolute atomic E-state index is 5.29. The van der Waals surface area contributed by atoms with Gasteiger partial charge in [0, 0.05) is 27.9 Å². The Morgan fingerprint density at radius 3 is 1.62 bits per heavy atom. The summed E-state index contributed by atoms with van der Waals surface area (Å²) in [5, 5.41) is 4.84.